The van der Waals surface area contributed by atoms with E-state index in [1.807, 2.05) is 43.5 Å². The van der Waals surface area contributed by atoms with Crippen molar-refractivity contribution >= 4 is 39.1 Å². The number of amides is 1. The van der Waals surface area contributed by atoms with Crippen molar-refractivity contribution in [1.29, 1.82) is 0 Å². The SMILES string of the molecule is CCc1ccc(N([C@@H](C)C(=O)Nc2cccc(SC)c2)S(C)(=O)=O)cc1. The van der Waals surface area contributed by atoms with Crippen LogP contribution in [-0.4, -0.2) is 32.9 Å². The standard InChI is InChI=1S/C19H24N2O3S2/c1-5-15-9-11-17(12-10-15)21(26(4,23)24)14(2)19(22)20-16-7-6-8-18(13-16)25-3/h6-14H,5H2,1-4H3,(H,20,22)/t14-/m0/s1. The minimum absolute atomic E-state index is 0.381. The maximum Gasteiger partial charge on any atom is 0.247 e. The van der Waals surface area contributed by atoms with E-state index < -0.39 is 16.1 Å². The number of sulfonamides is 1. The van der Waals surface area contributed by atoms with Crippen molar-refractivity contribution in [3.8, 4) is 0 Å². The Morgan fingerprint density at radius 1 is 1.19 bits per heavy atom. The molecule has 5 nitrogen and oxygen atoms in total. The van der Waals surface area contributed by atoms with Crippen LogP contribution in [0.2, 0.25) is 0 Å². The summed E-state index contributed by atoms with van der Waals surface area (Å²) in [6.07, 6.45) is 3.93. The molecule has 140 valence electrons. The van der Waals surface area contributed by atoms with Crippen LogP contribution in [0.3, 0.4) is 0 Å². The highest BCUT2D eigenvalue weighted by molar-refractivity contribution is 7.98. The van der Waals surface area contributed by atoms with Crippen molar-refractivity contribution in [3.63, 3.8) is 0 Å². The first-order valence-corrected chi connectivity index (χ1v) is 11.4. The second-order valence-electron chi connectivity index (χ2n) is 5.98. The lowest BCUT2D eigenvalue weighted by atomic mass is 10.1. The first-order chi connectivity index (χ1) is 12.3. The molecule has 0 aliphatic rings. The molecule has 0 unspecified atom stereocenters. The molecule has 1 N–H and O–H groups in total. The molecule has 1 atom stereocenters. The summed E-state index contributed by atoms with van der Waals surface area (Å²) in [7, 11) is -3.62. The predicted octanol–water partition coefficient (Wildman–Crippen LogP) is 3.76. The topological polar surface area (TPSA) is 66.5 Å². The van der Waals surface area contributed by atoms with Crippen molar-refractivity contribution in [2.24, 2.45) is 0 Å². The molecule has 26 heavy (non-hydrogen) atoms. The molecule has 0 aliphatic heterocycles. The second-order valence-corrected chi connectivity index (χ2v) is 8.72. The number of nitrogens with one attached hydrogen (secondary N) is 1. The fourth-order valence-electron chi connectivity index (χ4n) is 2.63. The highest BCUT2D eigenvalue weighted by atomic mass is 32.2. The summed E-state index contributed by atoms with van der Waals surface area (Å²) in [6, 6.07) is 13.8. The van der Waals surface area contributed by atoms with Crippen LogP contribution in [0.25, 0.3) is 0 Å². The maximum atomic E-state index is 12.7. The number of carbonyl (C=O) groups excluding carboxylic acids is 1. The molecular formula is C19H24N2O3S2. The van der Waals surface area contributed by atoms with Gasteiger partial charge in [0.15, 0.2) is 0 Å². The van der Waals surface area contributed by atoms with E-state index in [1.165, 1.54) is 0 Å². The maximum absolute atomic E-state index is 12.7. The summed E-state index contributed by atoms with van der Waals surface area (Å²) in [5.74, 6) is -0.381. The van der Waals surface area contributed by atoms with Crippen LogP contribution in [0.5, 0.6) is 0 Å². The third-order valence-electron chi connectivity index (χ3n) is 4.02. The first-order valence-electron chi connectivity index (χ1n) is 8.29. The Labute approximate surface area is 159 Å². The van der Waals surface area contributed by atoms with Gasteiger partial charge in [-0.1, -0.05) is 25.1 Å². The minimum atomic E-state index is -3.62. The van der Waals surface area contributed by atoms with Gasteiger partial charge in [0.05, 0.1) is 11.9 Å². The van der Waals surface area contributed by atoms with Crippen LogP contribution in [0.15, 0.2) is 53.4 Å². The number of hydrogen-bond acceptors (Lipinski definition) is 4. The summed E-state index contributed by atoms with van der Waals surface area (Å²) in [5, 5.41) is 2.80. The van der Waals surface area contributed by atoms with Crippen LogP contribution < -0.4 is 9.62 Å². The average Bonchev–Trinajstić information content (AvgIpc) is 2.61. The fourth-order valence-corrected chi connectivity index (χ4v) is 4.27. The van der Waals surface area contributed by atoms with E-state index in [4.69, 9.17) is 0 Å². The van der Waals surface area contributed by atoms with Crippen molar-refractivity contribution < 1.29 is 13.2 Å². The van der Waals surface area contributed by atoms with Gasteiger partial charge in [0.25, 0.3) is 0 Å². The molecule has 2 aromatic carbocycles. The number of aryl methyl sites for hydroxylation is 1. The van der Waals surface area contributed by atoms with Gasteiger partial charge in [0.1, 0.15) is 6.04 Å². The smallest absolute Gasteiger partial charge is 0.247 e. The van der Waals surface area contributed by atoms with Gasteiger partial charge < -0.3 is 5.32 Å². The van der Waals surface area contributed by atoms with Gasteiger partial charge in [-0.25, -0.2) is 8.42 Å². The Kier molecular flexibility index (Phi) is 6.72. The molecule has 2 rings (SSSR count). The molecule has 0 radical (unpaired) electrons. The molecule has 7 heteroatoms. The molecular weight excluding hydrogens is 368 g/mol. The Balaban J connectivity index is 2.27. The van der Waals surface area contributed by atoms with E-state index in [1.54, 1.807) is 36.9 Å². The molecule has 0 aromatic heterocycles. The third-order valence-corrected chi connectivity index (χ3v) is 5.99. The summed E-state index contributed by atoms with van der Waals surface area (Å²) in [4.78, 5) is 13.7. The quantitative estimate of drug-likeness (QED) is 0.729. The normalized spacial score (nSPS) is 12.5. The van der Waals surface area contributed by atoms with E-state index in [-0.39, 0.29) is 5.91 Å². The predicted molar refractivity (Wildman–Crippen MR) is 109 cm³/mol. The number of carbonyl (C=O) groups is 1. The lowest BCUT2D eigenvalue weighted by Gasteiger charge is -2.28. The number of nitrogens with zero attached hydrogens (tertiary/aromatic N) is 1. The highest BCUT2D eigenvalue weighted by Crippen LogP contribution is 2.23. The zero-order valence-corrected chi connectivity index (χ0v) is 17.0. The van der Waals surface area contributed by atoms with E-state index in [9.17, 15) is 13.2 Å². The molecule has 0 heterocycles. The van der Waals surface area contributed by atoms with Gasteiger partial charge in [0, 0.05) is 10.6 Å². The number of hydrogen-bond donors (Lipinski definition) is 1. The molecule has 2 aromatic rings. The zero-order chi connectivity index (χ0) is 19.3. The fraction of sp³-hybridized carbons (Fsp3) is 0.316. The lowest BCUT2D eigenvalue weighted by molar-refractivity contribution is -0.116. The van der Waals surface area contributed by atoms with E-state index >= 15 is 0 Å². The van der Waals surface area contributed by atoms with Crippen molar-refractivity contribution in [1.82, 2.24) is 0 Å². The molecule has 0 saturated heterocycles. The molecule has 0 spiro atoms. The van der Waals surface area contributed by atoms with Gasteiger partial charge in [-0.05, 0) is 55.5 Å². The summed E-state index contributed by atoms with van der Waals surface area (Å²) < 4.78 is 25.8. The van der Waals surface area contributed by atoms with Crippen molar-refractivity contribution in [3.05, 3.63) is 54.1 Å². The Hall–Kier alpha value is -1.99. The van der Waals surface area contributed by atoms with Crippen LogP contribution in [0.1, 0.15) is 19.4 Å². The van der Waals surface area contributed by atoms with Gasteiger partial charge in [0.2, 0.25) is 15.9 Å². The van der Waals surface area contributed by atoms with E-state index in [0.29, 0.717) is 11.4 Å². The lowest BCUT2D eigenvalue weighted by Crippen LogP contribution is -2.45. The number of anilines is 2. The average molecular weight is 393 g/mol. The van der Waals surface area contributed by atoms with Crippen LogP contribution in [0.4, 0.5) is 11.4 Å². The first kappa shape index (κ1) is 20.3. The largest absolute Gasteiger partial charge is 0.324 e. The number of rotatable bonds is 7. The summed E-state index contributed by atoms with van der Waals surface area (Å²) >= 11 is 1.57. The van der Waals surface area contributed by atoms with E-state index in [0.717, 1.165) is 27.4 Å². The van der Waals surface area contributed by atoms with Crippen molar-refractivity contribution in [2.75, 3.05) is 22.1 Å². The second kappa shape index (κ2) is 8.60. The number of benzene rings is 2. The van der Waals surface area contributed by atoms with Gasteiger partial charge in [-0.15, -0.1) is 11.8 Å². The van der Waals surface area contributed by atoms with Gasteiger partial charge in [-0.2, -0.15) is 0 Å². The molecule has 0 aliphatic carbocycles. The zero-order valence-electron chi connectivity index (χ0n) is 15.4. The molecule has 0 fully saturated rings. The van der Waals surface area contributed by atoms with Crippen LogP contribution in [-0.2, 0) is 21.2 Å². The molecule has 0 saturated carbocycles. The molecule has 1 amide bonds. The van der Waals surface area contributed by atoms with Crippen LogP contribution in [0, 0.1) is 0 Å². The van der Waals surface area contributed by atoms with Gasteiger partial charge in [-0.3, -0.25) is 9.10 Å². The number of thioether (sulfide) groups is 1. The Morgan fingerprint density at radius 3 is 2.38 bits per heavy atom. The van der Waals surface area contributed by atoms with Crippen LogP contribution >= 0.6 is 11.8 Å². The summed E-state index contributed by atoms with van der Waals surface area (Å²) in [6.45, 7) is 3.62. The minimum Gasteiger partial charge on any atom is -0.324 e. The third kappa shape index (κ3) is 5.02. The summed E-state index contributed by atoms with van der Waals surface area (Å²) in [5.41, 5.74) is 2.22. The monoisotopic (exact) mass is 392 g/mol. The van der Waals surface area contributed by atoms with E-state index in [2.05, 4.69) is 5.32 Å². The molecule has 0 bridgehead atoms. The van der Waals surface area contributed by atoms with Gasteiger partial charge >= 0.3 is 0 Å². The Morgan fingerprint density at radius 2 is 1.85 bits per heavy atom. The van der Waals surface area contributed by atoms with Crippen molar-refractivity contribution in [2.45, 2.75) is 31.2 Å². The highest BCUT2D eigenvalue weighted by Gasteiger charge is 2.29. The Bertz CT molecular complexity index is 865.